The van der Waals surface area contributed by atoms with Crippen molar-refractivity contribution in [3.8, 4) is 5.69 Å². The molecule has 2 saturated heterocycles. The van der Waals surface area contributed by atoms with Gasteiger partial charge in [-0.15, -0.1) is 0 Å². The van der Waals surface area contributed by atoms with E-state index >= 15 is 0 Å². The van der Waals surface area contributed by atoms with Crippen molar-refractivity contribution in [1.29, 1.82) is 0 Å². The predicted octanol–water partition coefficient (Wildman–Crippen LogP) is 3.70. The van der Waals surface area contributed by atoms with Crippen LogP contribution >= 0.6 is 0 Å². The first kappa shape index (κ1) is 19.4. The monoisotopic (exact) mass is 434 g/mol. The SMILES string of the molecule is Cc1nc(N2CCC(=O)C2)ncc1-n1c2ccc(F)cc2c2c1cnn2C1CCCCO1. The number of carbonyl (C=O) groups is 1. The summed E-state index contributed by atoms with van der Waals surface area (Å²) in [5.74, 6) is 0.464. The maximum absolute atomic E-state index is 14.3. The number of nitrogens with zero attached hydrogens (tertiary/aromatic N) is 6. The molecule has 1 unspecified atom stereocenters. The summed E-state index contributed by atoms with van der Waals surface area (Å²) in [7, 11) is 0. The molecule has 2 fully saturated rings. The lowest BCUT2D eigenvalue weighted by Gasteiger charge is -2.23. The minimum Gasteiger partial charge on any atom is -0.356 e. The Morgan fingerprint density at radius 1 is 1.19 bits per heavy atom. The second-order valence-corrected chi connectivity index (χ2v) is 8.49. The Balaban J connectivity index is 1.53. The van der Waals surface area contributed by atoms with E-state index in [0.717, 1.165) is 52.6 Å². The van der Waals surface area contributed by atoms with Crippen LogP contribution in [0, 0.1) is 12.7 Å². The van der Waals surface area contributed by atoms with Crippen LogP contribution in [0.15, 0.2) is 30.6 Å². The Labute approximate surface area is 183 Å². The molecule has 8 nitrogen and oxygen atoms in total. The Bertz CT molecular complexity index is 1350. The number of anilines is 1. The first-order valence-corrected chi connectivity index (χ1v) is 11.0. The van der Waals surface area contributed by atoms with E-state index in [1.54, 1.807) is 24.5 Å². The van der Waals surface area contributed by atoms with E-state index in [9.17, 15) is 9.18 Å². The molecule has 5 heterocycles. The van der Waals surface area contributed by atoms with E-state index in [1.165, 1.54) is 6.07 Å². The molecule has 4 aromatic rings. The smallest absolute Gasteiger partial charge is 0.226 e. The number of Topliss-reactive ketones (excluding diaryl/α,β-unsaturated/α-hetero) is 1. The lowest BCUT2D eigenvalue weighted by molar-refractivity contribution is -0.116. The third-order valence-corrected chi connectivity index (χ3v) is 6.39. The number of hydrogen-bond acceptors (Lipinski definition) is 6. The second-order valence-electron chi connectivity index (χ2n) is 8.49. The predicted molar refractivity (Wildman–Crippen MR) is 118 cm³/mol. The van der Waals surface area contributed by atoms with Gasteiger partial charge in [-0.05, 0) is 44.4 Å². The van der Waals surface area contributed by atoms with Crippen LogP contribution in [-0.4, -0.2) is 49.8 Å². The molecule has 2 aliphatic heterocycles. The van der Waals surface area contributed by atoms with Gasteiger partial charge in [-0.1, -0.05) is 0 Å². The Morgan fingerprint density at radius 2 is 2.09 bits per heavy atom. The Hall–Kier alpha value is -3.33. The van der Waals surface area contributed by atoms with Gasteiger partial charge in [0.05, 0.1) is 46.9 Å². The molecular weight excluding hydrogens is 411 g/mol. The molecule has 0 amide bonds. The Morgan fingerprint density at radius 3 is 2.84 bits per heavy atom. The van der Waals surface area contributed by atoms with E-state index in [4.69, 9.17) is 4.74 Å². The van der Waals surface area contributed by atoms with Gasteiger partial charge in [0.2, 0.25) is 5.95 Å². The summed E-state index contributed by atoms with van der Waals surface area (Å²) >= 11 is 0. The number of carbonyl (C=O) groups excluding carboxylic acids is 1. The van der Waals surface area contributed by atoms with Crippen LogP contribution in [0.4, 0.5) is 10.3 Å². The molecule has 1 atom stereocenters. The van der Waals surface area contributed by atoms with Gasteiger partial charge < -0.3 is 14.2 Å². The molecule has 2 aliphatic rings. The summed E-state index contributed by atoms with van der Waals surface area (Å²) < 4.78 is 24.1. The molecular formula is C23H23FN6O2. The number of aromatic nitrogens is 5. The van der Waals surface area contributed by atoms with Gasteiger partial charge in [-0.3, -0.25) is 4.79 Å². The molecule has 0 spiro atoms. The highest BCUT2D eigenvalue weighted by molar-refractivity contribution is 6.07. The minimum atomic E-state index is -0.295. The average molecular weight is 434 g/mol. The quantitative estimate of drug-likeness (QED) is 0.489. The van der Waals surface area contributed by atoms with E-state index in [2.05, 4.69) is 15.1 Å². The van der Waals surface area contributed by atoms with Gasteiger partial charge in [0.15, 0.2) is 12.0 Å². The van der Waals surface area contributed by atoms with Crippen molar-refractivity contribution in [3.05, 3.63) is 42.1 Å². The van der Waals surface area contributed by atoms with Crippen molar-refractivity contribution in [2.75, 3.05) is 24.6 Å². The minimum absolute atomic E-state index is 0.156. The normalized spacial score (nSPS) is 19.5. The molecule has 0 aliphatic carbocycles. The topological polar surface area (TPSA) is 78.1 Å². The number of rotatable bonds is 3. The summed E-state index contributed by atoms with van der Waals surface area (Å²) in [6, 6.07) is 4.80. The molecule has 164 valence electrons. The number of fused-ring (bicyclic) bond motifs is 3. The van der Waals surface area contributed by atoms with Crippen molar-refractivity contribution in [2.24, 2.45) is 0 Å². The summed E-state index contributed by atoms with van der Waals surface area (Å²) in [5.41, 5.74) is 4.14. The highest BCUT2D eigenvalue weighted by Gasteiger charge is 2.26. The van der Waals surface area contributed by atoms with E-state index < -0.39 is 0 Å². The van der Waals surface area contributed by atoms with Gasteiger partial charge in [0.1, 0.15) is 5.82 Å². The van der Waals surface area contributed by atoms with Crippen LogP contribution in [0.1, 0.15) is 37.6 Å². The first-order valence-electron chi connectivity index (χ1n) is 11.0. The maximum atomic E-state index is 14.3. The molecule has 0 saturated carbocycles. The highest BCUT2D eigenvalue weighted by atomic mass is 19.1. The average Bonchev–Trinajstić information content (AvgIpc) is 3.49. The largest absolute Gasteiger partial charge is 0.356 e. The number of benzene rings is 1. The summed E-state index contributed by atoms with van der Waals surface area (Å²) in [6.07, 6.45) is 6.95. The maximum Gasteiger partial charge on any atom is 0.226 e. The van der Waals surface area contributed by atoms with Crippen LogP contribution in [0.3, 0.4) is 0 Å². The van der Waals surface area contributed by atoms with Crippen molar-refractivity contribution >= 4 is 33.7 Å². The van der Waals surface area contributed by atoms with Gasteiger partial charge in [0.25, 0.3) is 0 Å². The van der Waals surface area contributed by atoms with Crippen LogP contribution < -0.4 is 4.90 Å². The number of aryl methyl sites for hydroxylation is 1. The number of ether oxygens (including phenoxy) is 1. The van der Waals surface area contributed by atoms with Crippen molar-refractivity contribution in [2.45, 2.75) is 38.8 Å². The van der Waals surface area contributed by atoms with E-state index in [-0.39, 0.29) is 17.8 Å². The fourth-order valence-corrected chi connectivity index (χ4v) is 4.82. The fourth-order valence-electron chi connectivity index (χ4n) is 4.82. The lowest BCUT2D eigenvalue weighted by Crippen LogP contribution is -2.22. The molecule has 32 heavy (non-hydrogen) atoms. The second kappa shape index (κ2) is 7.37. The van der Waals surface area contributed by atoms with Gasteiger partial charge in [-0.25, -0.2) is 19.0 Å². The van der Waals surface area contributed by atoms with Gasteiger partial charge >= 0.3 is 0 Å². The number of ketones is 1. The number of hydrogen-bond donors (Lipinski definition) is 0. The van der Waals surface area contributed by atoms with E-state index in [0.29, 0.717) is 32.1 Å². The first-order chi connectivity index (χ1) is 15.6. The summed E-state index contributed by atoms with van der Waals surface area (Å²) in [6.45, 7) is 3.62. The molecule has 1 aromatic carbocycles. The summed E-state index contributed by atoms with van der Waals surface area (Å²) in [5, 5.41) is 5.40. The molecule has 0 N–H and O–H groups in total. The van der Waals surface area contributed by atoms with Gasteiger partial charge in [-0.2, -0.15) is 5.10 Å². The zero-order valence-corrected chi connectivity index (χ0v) is 17.8. The summed E-state index contributed by atoms with van der Waals surface area (Å²) in [4.78, 5) is 22.8. The zero-order valence-electron chi connectivity index (χ0n) is 17.8. The van der Waals surface area contributed by atoms with Crippen LogP contribution in [0.25, 0.3) is 27.6 Å². The van der Waals surface area contributed by atoms with Crippen molar-refractivity contribution in [3.63, 3.8) is 0 Å². The molecule has 0 radical (unpaired) electrons. The molecule has 0 bridgehead atoms. The van der Waals surface area contributed by atoms with Crippen LogP contribution in [0.5, 0.6) is 0 Å². The van der Waals surface area contributed by atoms with E-state index in [1.807, 2.05) is 21.1 Å². The van der Waals surface area contributed by atoms with Crippen molar-refractivity contribution < 1.29 is 13.9 Å². The molecule has 3 aromatic heterocycles. The van der Waals surface area contributed by atoms with Crippen LogP contribution in [-0.2, 0) is 9.53 Å². The Kier molecular flexibility index (Phi) is 4.46. The standard InChI is InChI=1S/C23H23FN6O2/c1-14-19(11-25-23(27-14)28-8-7-16(31)13-28)29-18-6-5-15(24)10-17(18)22-20(29)12-26-30(22)21-4-2-3-9-32-21/h5-6,10-12,21H,2-4,7-9,13H2,1H3. The highest BCUT2D eigenvalue weighted by Crippen LogP contribution is 2.36. The molecule has 9 heteroatoms. The van der Waals surface area contributed by atoms with Crippen LogP contribution in [0.2, 0.25) is 0 Å². The van der Waals surface area contributed by atoms with Gasteiger partial charge in [0, 0.05) is 25.0 Å². The molecule has 6 rings (SSSR count). The van der Waals surface area contributed by atoms with Crippen molar-refractivity contribution in [1.82, 2.24) is 24.3 Å². The zero-order chi connectivity index (χ0) is 21.8. The number of halogens is 1. The third-order valence-electron chi connectivity index (χ3n) is 6.39. The third kappa shape index (κ3) is 2.99. The fraction of sp³-hybridized carbons (Fsp3) is 0.391. The lowest BCUT2D eigenvalue weighted by atomic mass is 10.2.